The molecule has 27 heavy (non-hydrogen) atoms. The van der Waals surface area contributed by atoms with Crippen LogP contribution in [0.3, 0.4) is 0 Å². The van der Waals surface area contributed by atoms with E-state index in [9.17, 15) is 0 Å². The normalized spacial score (nSPS) is 11.1. The van der Waals surface area contributed by atoms with Gasteiger partial charge in [0.25, 0.3) is 0 Å². The van der Waals surface area contributed by atoms with Crippen LogP contribution in [0.2, 0.25) is 0 Å². The first kappa shape index (κ1) is 22.5. The van der Waals surface area contributed by atoms with Crippen molar-refractivity contribution >= 4 is 0 Å². The molecule has 2 nitrogen and oxygen atoms in total. The van der Waals surface area contributed by atoms with Gasteiger partial charge in [-0.25, -0.2) is 0 Å². The zero-order valence-corrected chi connectivity index (χ0v) is 17.0. The Morgan fingerprint density at radius 2 is 1.93 bits per heavy atom. The first-order valence-electron chi connectivity index (χ1n) is 9.86. The highest BCUT2D eigenvalue weighted by Gasteiger charge is 1.96. The number of allylic oxidation sites excluding steroid dienone is 4. The van der Waals surface area contributed by atoms with Gasteiger partial charge in [-0.05, 0) is 44.2 Å². The molecule has 0 heterocycles. The van der Waals surface area contributed by atoms with Crippen molar-refractivity contribution in [1.82, 2.24) is 10.6 Å². The third-order valence-corrected chi connectivity index (χ3v) is 3.97. The van der Waals surface area contributed by atoms with Crippen LogP contribution in [0.15, 0.2) is 73.1 Å². The molecule has 2 N–H and O–H groups in total. The van der Waals surface area contributed by atoms with E-state index >= 15 is 0 Å². The second-order valence-corrected chi connectivity index (χ2v) is 6.60. The van der Waals surface area contributed by atoms with Crippen LogP contribution in [-0.2, 0) is 0 Å². The SMILES string of the molecule is C=C/C=C(\C=C/CC#Cc1ccc(C)cc1)NC(=C)CNCCCCCC. The fraction of sp³-hybridized carbons (Fsp3) is 0.360. The second kappa shape index (κ2) is 14.6. The lowest BCUT2D eigenvalue weighted by molar-refractivity contribution is 0.610. The van der Waals surface area contributed by atoms with Crippen LogP contribution in [0, 0.1) is 18.8 Å². The van der Waals surface area contributed by atoms with Gasteiger partial charge in [-0.3, -0.25) is 0 Å². The van der Waals surface area contributed by atoms with E-state index in [1.54, 1.807) is 6.08 Å². The molecule has 0 spiro atoms. The third-order valence-electron chi connectivity index (χ3n) is 3.97. The number of rotatable bonds is 12. The van der Waals surface area contributed by atoms with E-state index in [0.29, 0.717) is 6.42 Å². The summed E-state index contributed by atoms with van der Waals surface area (Å²) in [6.45, 7) is 14.0. The molecule has 0 aromatic heterocycles. The van der Waals surface area contributed by atoms with E-state index in [1.807, 2.05) is 12.2 Å². The number of hydrogen-bond donors (Lipinski definition) is 2. The Balaban J connectivity index is 2.37. The van der Waals surface area contributed by atoms with Gasteiger partial charge in [0, 0.05) is 29.9 Å². The Morgan fingerprint density at radius 1 is 1.15 bits per heavy atom. The van der Waals surface area contributed by atoms with Crippen molar-refractivity contribution in [3.05, 3.63) is 84.2 Å². The highest BCUT2D eigenvalue weighted by molar-refractivity contribution is 5.36. The lowest BCUT2D eigenvalue weighted by atomic mass is 10.1. The fourth-order valence-electron chi connectivity index (χ4n) is 2.47. The van der Waals surface area contributed by atoms with Gasteiger partial charge in [0.1, 0.15) is 0 Å². The first-order chi connectivity index (χ1) is 13.2. The molecule has 0 unspecified atom stereocenters. The highest BCUT2D eigenvalue weighted by atomic mass is 15.0. The summed E-state index contributed by atoms with van der Waals surface area (Å²) in [5.41, 5.74) is 4.22. The van der Waals surface area contributed by atoms with Crippen molar-refractivity contribution in [3.63, 3.8) is 0 Å². The highest BCUT2D eigenvalue weighted by Crippen LogP contribution is 2.02. The Bertz CT molecular complexity index is 681. The average molecular weight is 363 g/mol. The Morgan fingerprint density at radius 3 is 2.63 bits per heavy atom. The number of hydrogen-bond acceptors (Lipinski definition) is 2. The molecular weight excluding hydrogens is 328 g/mol. The van der Waals surface area contributed by atoms with Crippen molar-refractivity contribution in [2.75, 3.05) is 13.1 Å². The molecule has 0 aliphatic rings. The van der Waals surface area contributed by atoms with E-state index < -0.39 is 0 Å². The lowest BCUT2D eigenvalue weighted by Gasteiger charge is -2.11. The molecule has 1 rings (SSSR count). The predicted octanol–water partition coefficient (Wildman–Crippen LogP) is 5.64. The van der Waals surface area contributed by atoms with Gasteiger partial charge < -0.3 is 10.6 Å². The molecule has 2 heteroatoms. The minimum Gasteiger partial charge on any atom is -0.358 e. The van der Waals surface area contributed by atoms with Gasteiger partial charge in [0.15, 0.2) is 0 Å². The lowest BCUT2D eigenvalue weighted by Crippen LogP contribution is -2.24. The summed E-state index contributed by atoms with van der Waals surface area (Å²) in [5.74, 6) is 6.36. The maximum Gasteiger partial charge on any atom is 0.0378 e. The molecule has 0 fully saturated rings. The summed E-state index contributed by atoms with van der Waals surface area (Å²) < 4.78 is 0. The second-order valence-electron chi connectivity index (χ2n) is 6.60. The molecule has 144 valence electrons. The van der Waals surface area contributed by atoms with Gasteiger partial charge in [-0.2, -0.15) is 0 Å². The molecule has 0 aliphatic heterocycles. The molecule has 0 bridgehead atoms. The number of unbranched alkanes of at least 4 members (excludes halogenated alkanes) is 3. The number of nitrogens with one attached hydrogen (secondary N) is 2. The number of aryl methyl sites for hydroxylation is 1. The van der Waals surface area contributed by atoms with Crippen LogP contribution in [0.4, 0.5) is 0 Å². The van der Waals surface area contributed by atoms with E-state index in [2.05, 4.69) is 79.8 Å². The van der Waals surface area contributed by atoms with Crippen LogP contribution >= 0.6 is 0 Å². The van der Waals surface area contributed by atoms with Crippen molar-refractivity contribution < 1.29 is 0 Å². The van der Waals surface area contributed by atoms with Gasteiger partial charge >= 0.3 is 0 Å². The summed E-state index contributed by atoms with van der Waals surface area (Å²) in [6, 6.07) is 8.27. The predicted molar refractivity (Wildman–Crippen MR) is 119 cm³/mol. The van der Waals surface area contributed by atoms with E-state index in [-0.39, 0.29) is 0 Å². The monoisotopic (exact) mass is 362 g/mol. The number of benzene rings is 1. The molecule has 0 atom stereocenters. The van der Waals surface area contributed by atoms with Crippen molar-refractivity contribution in [3.8, 4) is 11.8 Å². The van der Waals surface area contributed by atoms with Crippen LogP contribution in [0.1, 0.15) is 50.2 Å². The zero-order valence-electron chi connectivity index (χ0n) is 17.0. The van der Waals surface area contributed by atoms with Crippen molar-refractivity contribution in [2.24, 2.45) is 0 Å². The van der Waals surface area contributed by atoms with Crippen LogP contribution in [-0.4, -0.2) is 13.1 Å². The summed E-state index contributed by atoms with van der Waals surface area (Å²) in [7, 11) is 0. The third kappa shape index (κ3) is 11.7. The van der Waals surface area contributed by atoms with E-state index in [0.717, 1.165) is 30.0 Å². The van der Waals surface area contributed by atoms with Gasteiger partial charge in [-0.15, -0.1) is 0 Å². The maximum atomic E-state index is 4.09. The molecule has 0 saturated carbocycles. The summed E-state index contributed by atoms with van der Waals surface area (Å²) in [6.07, 6.45) is 13.6. The molecule has 1 aromatic carbocycles. The molecule has 0 saturated heterocycles. The zero-order chi connectivity index (χ0) is 19.7. The van der Waals surface area contributed by atoms with E-state index in [4.69, 9.17) is 0 Å². The smallest absolute Gasteiger partial charge is 0.0378 e. The molecular formula is C25H34N2. The maximum absolute atomic E-state index is 4.09. The standard InChI is InChI=1S/C25H34N2/c1-5-7-8-12-20-26-21-23(4)27-25(13-6-2)15-11-9-10-14-24-18-16-22(3)17-19-24/h6,11,13,15-19,26-27H,2,4-5,7-9,12,20-21H2,1,3H3/b15-11-,25-13+. The molecule has 0 amide bonds. The van der Waals surface area contributed by atoms with Crippen LogP contribution < -0.4 is 10.6 Å². The quantitative estimate of drug-likeness (QED) is 0.286. The van der Waals surface area contributed by atoms with Gasteiger partial charge in [0.2, 0.25) is 0 Å². The topological polar surface area (TPSA) is 24.1 Å². The summed E-state index contributed by atoms with van der Waals surface area (Å²) >= 11 is 0. The minimum atomic E-state index is 0.701. The Labute approximate surface area is 166 Å². The summed E-state index contributed by atoms with van der Waals surface area (Å²) in [4.78, 5) is 0. The van der Waals surface area contributed by atoms with Crippen LogP contribution in [0.25, 0.3) is 0 Å². The summed E-state index contributed by atoms with van der Waals surface area (Å²) in [5, 5.41) is 6.76. The van der Waals surface area contributed by atoms with Crippen LogP contribution in [0.5, 0.6) is 0 Å². The molecule has 1 aromatic rings. The Hall–Kier alpha value is -2.50. The minimum absolute atomic E-state index is 0.701. The van der Waals surface area contributed by atoms with Crippen molar-refractivity contribution in [1.29, 1.82) is 0 Å². The van der Waals surface area contributed by atoms with E-state index in [1.165, 1.54) is 31.2 Å². The first-order valence-corrected chi connectivity index (χ1v) is 9.86. The van der Waals surface area contributed by atoms with Gasteiger partial charge in [-0.1, -0.05) is 81.0 Å². The van der Waals surface area contributed by atoms with Gasteiger partial charge in [0.05, 0.1) is 0 Å². The molecule has 0 radical (unpaired) electrons. The fourth-order valence-corrected chi connectivity index (χ4v) is 2.47. The molecule has 0 aliphatic carbocycles. The average Bonchev–Trinajstić information content (AvgIpc) is 2.66. The Kier molecular flexibility index (Phi) is 12.2. The van der Waals surface area contributed by atoms with Crippen molar-refractivity contribution in [2.45, 2.75) is 46.0 Å². The largest absolute Gasteiger partial charge is 0.358 e.